The summed E-state index contributed by atoms with van der Waals surface area (Å²) in [7, 11) is 0. The van der Waals surface area contributed by atoms with Gasteiger partial charge in [0.25, 0.3) is 5.91 Å². The number of benzene rings is 1. The van der Waals surface area contributed by atoms with Crippen LogP contribution in [0, 0.1) is 6.92 Å². The van der Waals surface area contributed by atoms with E-state index in [2.05, 4.69) is 20.5 Å². The van der Waals surface area contributed by atoms with Crippen LogP contribution in [0.1, 0.15) is 21.6 Å². The van der Waals surface area contributed by atoms with E-state index in [1.165, 1.54) is 5.56 Å². The van der Waals surface area contributed by atoms with E-state index in [4.69, 9.17) is 0 Å². The van der Waals surface area contributed by atoms with Crippen LogP contribution in [0.25, 0.3) is 5.69 Å². The molecule has 4 aromatic rings. The minimum atomic E-state index is -0.223. The van der Waals surface area contributed by atoms with Crippen LogP contribution in [0.3, 0.4) is 0 Å². The number of hydrogen-bond acceptors (Lipinski definition) is 4. The van der Waals surface area contributed by atoms with Gasteiger partial charge in [0.15, 0.2) is 5.82 Å². The van der Waals surface area contributed by atoms with Crippen molar-refractivity contribution in [2.75, 3.05) is 5.32 Å². The summed E-state index contributed by atoms with van der Waals surface area (Å²) in [5.41, 5.74) is 3.29. The first-order valence-electron chi connectivity index (χ1n) is 9.04. The summed E-state index contributed by atoms with van der Waals surface area (Å²) in [5.74, 6) is 0.297. The Kier molecular flexibility index (Phi) is 4.97. The Hall–Kier alpha value is -3.74. The summed E-state index contributed by atoms with van der Waals surface area (Å²) in [5, 5.41) is 11.7. The molecule has 0 bridgehead atoms. The van der Waals surface area contributed by atoms with Gasteiger partial charge in [-0.1, -0.05) is 18.2 Å². The second-order valence-corrected chi connectivity index (χ2v) is 6.43. The van der Waals surface area contributed by atoms with Gasteiger partial charge in [-0.2, -0.15) is 10.2 Å². The minimum Gasteiger partial charge on any atom is -0.305 e. The molecule has 28 heavy (non-hydrogen) atoms. The molecule has 0 aliphatic heterocycles. The minimum absolute atomic E-state index is 0.223. The fourth-order valence-electron chi connectivity index (χ4n) is 2.93. The largest absolute Gasteiger partial charge is 0.305 e. The van der Waals surface area contributed by atoms with Crippen LogP contribution in [0.4, 0.5) is 5.82 Å². The maximum atomic E-state index is 12.6. The van der Waals surface area contributed by atoms with Crippen LogP contribution >= 0.6 is 0 Å². The van der Waals surface area contributed by atoms with Crippen molar-refractivity contribution in [2.45, 2.75) is 19.9 Å². The van der Waals surface area contributed by atoms with Crippen molar-refractivity contribution in [3.8, 4) is 5.69 Å². The number of para-hydroxylation sites is 1. The number of carbonyl (C=O) groups excluding carboxylic acids is 1. The normalized spacial score (nSPS) is 10.8. The number of aryl methyl sites for hydroxylation is 3. The van der Waals surface area contributed by atoms with Gasteiger partial charge < -0.3 is 5.32 Å². The molecule has 3 heterocycles. The van der Waals surface area contributed by atoms with Crippen LogP contribution in [-0.2, 0) is 13.0 Å². The molecule has 7 heteroatoms. The molecular formula is C21H20N6O. The molecule has 3 aromatic heterocycles. The monoisotopic (exact) mass is 372 g/mol. The number of nitrogens with one attached hydrogen (secondary N) is 1. The van der Waals surface area contributed by atoms with E-state index in [0.717, 1.165) is 18.7 Å². The second-order valence-electron chi connectivity index (χ2n) is 6.43. The third kappa shape index (κ3) is 3.98. The van der Waals surface area contributed by atoms with E-state index in [-0.39, 0.29) is 5.91 Å². The maximum Gasteiger partial charge on any atom is 0.260 e. The molecule has 0 aliphatic rings. The van der Waals surface area contributed by atoms with Crippen molar-refractivity contribution in [1.82, 2.24) is 24.5 Å². The highest BCUT2D eigenvalue weighted by Gasteiger charge is 2.15. The SMILES string of the molecule is Cc1nn(-c2ccccc2)cc1C(=O)Nc1ccn(CCc2ccncc2)n1. The highest BCUT2D eigenvalue weighted by atomic mass is 16.1. The van der Waals surface area contributed by atoms with Crippen LogP contribution in [0.5, 0.6) is 0 Å². The number of carbonyl (C=O) groups is 1. The van der Waals surface area contributed by atoms with Gasteiger partial charge in [0.2, 0.25) is 0 Å². The standard InChI is InChI=1S/C21H20N6O/c1-16-19(15-27(24-16)18-5-3-2-4-6-18)21(28)23-20-10-14-26(25-20)13-9-17-7-11-22-12-8-17/h2-8,10-12,14-15H,9,13H2,1H3,(H,23,25,28). The van der Waals surface area contributed by atoms with Gasteiger partial charge in [0.05, 0.1) is 16.9 Å². The average Bonchev–Trinajstić information content (AvgIpc) is 3.34. The van der Waals surface area contributed by atoms with Crippen molar-refractivity contribution in [1.29, 1.82) is 0 Å². The van der Waals surface area contributed by atoms with Gasteiger partial charge in [0, 0.05) is 37.4 Å². The predicted octanol–water partition coefficient (Wildman–Crippen LogP) is 3.27. The number of rotatable bonds is 6. The molecular weight excluding hydrogens is 352 g/mol. The summed E-state index contributed by atoms with van der Waals surface area (Å²) in [6, 6.07) is 15.5. The quantitative estimate of drug-likeness (QED) is 0.563. The molecule has 7 nitrogen and oxygen atoms in total. The molecule has 0 spiro atoms. The summed E-state index contributed by atoms with van der Waals surface area (Å²) < 4.78 is 3.52. The molecule has 0 atom stereocenters. The summed E-state index contributed by atoms with van der Waals surface area (Å²) in [6.07, 6.45) is 8.00. The van der Waals surface area contributed by atoms with Gasteiger partial charge in [-0.25, -0.2) is 4.68 Å². The van der Waals surface area contributed by atoms with Crippen LogP contribution in [0.2, 0.25) is 0 Å². The van der Waals surface area contributed by atoms with Crippen molar-refractivity contribution >= 4 is 11.7 Å². The average molecular weight is 372 g/mol. The zero-order valence-electron chi connectivity index (χ0n) is 15.5. The molecule has 0 saturated carbocycles. The lowest BCUT2D eigenvalue weighted by molar-refractivity contribution is 0.102. The zero-order chi connectivity index (χ0) is 19.3. The lowest BCUT2D eigenvalue weighted by Crippen LogP contribution is -2.13. The maximum absolute atomic E-state index is 12.6. The molecule has 0 unspecified atom stereocenters. The van der Waals surface area contributed by atoms with Gasteiger partial charge in [-0.3, -0.25) is 14.5 Å². The Labute approximate surface area is 162 Å². The number of anilines is 1. The van der Waals surface area contributed by atoms with Gasteiger partial charge >= 0.3 is 0 Å². The molecule has 0 radical (unpaired) electrons. The third-order valence-corrected chi connectivity index (χ3v) is 4.43. The Bertz CT molecular complexity index is 1070. The molecule has 1 N–H and O–H groups in total. The first-order chi connectivity index (χ1) is 13.7. The molecule has 140 valence electrons. The van der Waals surface area contributed by atoms with Crippen molar-refractivity contribution < 1.29 is 4.79 Å². The fraction of sp³-hybridized carbons (Fsp3) is 0.143. The lowest BCUT2D eigenvalue weighted by Gasteiger charge is -2.02. The first kappa shape index (κ1) is 17.7. The van der Waals surface area contributed by atoms with Gasteiger partial charge in [0.1, 0.15) is 0 Å². The van der Waals surface area contributed by atoms with Gasteiger partial charge in [-0.15, -0.1) is 0 Å². The molecule has 4 rings (SSSR count). The number of amides is 1. The lowest BCUT2D eigenvalue weighted by atomic mass is 10.2. The Morgan fingerprint density at radius 1 is 1.04 bits per heavy atom. The molecule has 1 amide bonds. The van der Waals surface area contributed by atoms with Crippen molar-refractivity contribution in [2.24, 2.45) is 0 Å². The number of aromatic nitrogens is 5. The number of pyridine rings is 1. The first-order valence-corrected chi connectivity index (χ1v) is 9.04. The van der Waals surface area contributed by atoms with Crippen molar-refractivity contribution in [3.05, 3.63) is 90.1 Å². The Balaban J connectivity index is 1.42. The molecule has 0 aliphatic carbocycles. The Morgan fingerprint density at radius 3 is 2.61 bits per heavy atom. The van der Waals surface area contributed by atoms with Gasteiger partial charge in [-0.05, 0) is 43.2 Å². The second kappa shape index (κ2) is 7.87. The van der Waals surface area contributed by atoms with Crippen LogP contribution in [0.15, 0.2) is 73.3 Å². The predicted molar refractivity (Wildman–Crippen MR) is 106 cm³/mol. The smallest absolute Gasteiger partial charge is 0.260 e. The molecule has 0 saturated heterocycles. The number of hydrogen-bond donors (Lipinski definition) is 1. The summed E-state index contributed by atoms with van der Waals surface area (Å²) >= 11 is 0. The van der Waals surface area contributed by atoms with Crippen LogP contribution in [-0.4, -0.2) is 30.5 Å². The fourth-order valence-corrected chi connectivity index (χ4v) is 2.93. The van der Waals surface area contributed by atoms with E-state index in [1.807, 2.05) is 60.3 Å². The molecule has 0 fully saturated rings. The highest BCUT2D eigenvalue weighted by molar-refractivity contribution is 6.04. The zero-order valence-corrected chi connectivity index (χ0v) is 15.5. The Morgan fingerprint density at radius 2 is 1.82 bits per heavy atom. The highest BCUT2D eigenvalue weighted by Crippen LogP contribution is 2.14. The summed E-state index contributed by atoms with van der Waals surface area (Å²) in [4.78, 5) is 16.7. The topological polar surface area (TPSA) is 77.6 Å². The van der Waals surface area contributed by atoms with E-state index < -0.39 is 0 Å². The van der Waals surface area contributed by atoms with E-state index in [0.29, 0.717) is 17.1 Å². The van der Waals surface area contributed by atoms with Crippen molar-refractivity contribution in [3.63, 3.8) is 0 Å². The number of nitrogens with zero attached hydrogens (tertiary/aromatic N) is 5. The van der Waals surface area contributed by atoms with E-state index in [9.17, 15) is 4.79 Å². The van der Waals surface area contributed by atoms with E-state index >= 15 is 0 Å². The van der Waals surface area contributed by atoms with E-state index in [1.54, 1.807) is 29.3 Å². The summed E-state index contributed by atoms with van der Waals surface area (Å²) in [6.45, 7) is 2.55. The molecule has 1 aromatic carbocycles. The third-order valence-electron chi connectivity index (χ3n) is 4.43. The van der Waals surface area contributed by atoms with Crippen LogP contribution < -0.4 is 5.32 Å².